The maximum absolute atomic E-state index is 12.5. The lowest BCUT2D eigenvalue weighted by Crippen LogP contribution is -2.27. The Morgan fingerprint density at radius 3 is 2.85 bits per heavy atom. The molecular formula is C17H15N3O3S3. The molecule has 134 valence electrons. The summed E-state index contributed by atoms with van der Waals surface area (Å²) >= 11 is 2.97. The molecule has 2 aromatic heterocycles. The van der Waals surface area contributed by atoms with Gasteiger partial charge in [-0.2, -0.15) is 0 Å². The number of sulfonamides is 1. The van der Waals surface area contributed by atoms with E-state index in [1.807, 2.05) is 22.9 Å². The van der Waals surface area contributed by atoms with E-state index in [2.05, 4.69) is 10.3 Å². The Morgan fingerprint density at radius 1 is 1.27 bits per heavy atom. The van der Waals surface area contributed by atoms with E-state index in [0.717, 1.165) is 16.1 Å². The van der Waals surface area contributed by atoms with E-state index in [0.29, 0.717) is 29.3 Å². The lowest BCUT2D eigenvalue weighted by molar-refractivity contribution is 0.102. The first-order valence-corrected chi connectivity index (χ1v) is 11.4. The molecule has 0 saturated carbocycles. The molecule has 4 rings (SSSR count). The van der Waals surface area contributed by atoms with E-state index in [4.69, 9.17) is 0 Å². The van der Waals surface area contributed by atoms with Crippen LogP contribution >= 0.6 is 22.7 Å². The number of carbonyl (C=O) groups excluding carboxylic acids is 1. The van der Waals surface area contributed by atoms with Crippen molar-refractivity contribution in [3.05, 3.63) is 52.2 Å². The van der Waals surface area contributed by atoms with Gasteiger partial charge in [0.25, 0.3) is 5.91 Å². The van der Waals surface area contributed by atoms with Crippen molar-refractivity contribution in [2.45, 2.75) is 6.42 Å². The number of hydrogen-bond acceptors (Lipinski definition) is 6. The number of aromatic nitrogens is 1. The number of thiophene rings is 1. The van der Waals surface area contributed by atoms with E-state index in [1.54, 1.807) is 29.5 Å². The molecule has 0 saturated heterocycles. The predicted molar refractivity (Wildman–Crippen MR) is 106 cm³/mol. The third-order valence-electron chi connectivity index (χ3n) is 4.09. The number of benzene rings is 1. The van der Waals surface area contributed by atoms with Crippen molar-refractivity contribution in [2.75, 3.05) is 22.4 Å². The summed E-state index contributed by atoms with van der Waals surface area (Å²) in [6, 6.07) is 9.04. The second kappa shape index (κ2) is 6.49. The number of nitrogens with zero attached hydrogens (tertiary/aromatic N) is 2. The average molecular weight is 406 g/mol. The Morgan fingerprint density at radius 2 is 2.12 bits per heavy atom. The van der Waals surface area contributed by atoms with Gasteiger partial charge >= 0.3 is 0 Å². The van der Waals surface area contributed by atoms with Crippen molar-refractivity contribution in [1.82, 2.24) is 4.98 Å². The van der Waals surface area contributed by atoms with E-state index in [1.165, 1.54) is 21.9 Å². The van der Waals surface area contributed by atoms with Crippen LogP contribution in [-0.2, 0) is 16.4 Å². The van der Waals surface area contributed by atoms with Gasteiger partial charge < -0.3 is 0 Å². The minimum absolute atomic E-state index is 0.252. The van der Waals surface area contributed by atoms with Crippen LogP contribution in [-0.4, -0.2) is 32.1 Å². The normalized spacial score (nSPS) is 13.7. The van der Waals surface area contributed by atoms with Crippen LogP contribution in [0.2, 0.25) is 0 Å². The third-order valence-corrected chi connectivity index (χ3v) is 6.92. The van der Waals surface area contributed by atoms with Crippen LogP contribution in [0.15, 0.2) is 41.1 Å². The molecule has 0 unspecified atom stereocenters. The van der Waals surface area contributed by atoms with E-state index in [9.17, 15) is 13.2 Å². The first-order valence-electron chi connectivity index (χ1n) is 7.83. The second-order valence-corrected chi connectivity index (χ2v) is 9.61. The molecule has 3 heterocycles. The van der Waals surface area contributed by atoms with Gasteiger partial charge in [-0.05, 0) is 41.6 Å². The lowest BCUT2D eigenvalue weighted by atomic mass is 10.1. The molecule has 0 radical (unpaired) electrons. The Labute approximate surface area is 159 Å². The van der Waals surface area contributed by atoms with Gasteiger partial charge in [0.2, 0.25) is 10.0 Å². The summed E-state index contributed by atoms with van der Waals surface area (Å²) in [7, 11) is -3.29. The second-order valence-electron chi connectivity index (χ2n) is 5.90. The molecule has 0 atom stereocenters. The first kappa shape index (κ1) is 17.2. The van der Waals surface area contributed by atoms with Gasteiger partial charge in [-0.25, -0.2) is 13.4 Å². The topological polar surface area (TPSA) is 79.4 Å². The van der Waals surface area contributed by atoms with Crippen LogP contribution in [0, 0.1) is 0 Å². The fraction of sp³-hybridized carbons (Fsp3) is 0.176. The fourth-order valence-corrected chi connectivity index (χ4v) is 5.32. The van der Waals surface area contributed by atoms with Gasteiger partial charge in [0, 0.05) is 17.5 Å². The molecule has 1 aromatic carbocycles. The molecule has 0 bridgehead atoms. The smallest absolute Gasteiger partial charge is 0.257 e. The number of carbonyl (C=O) groups is 1. The third kappa shape index (κ3) is 3.25. The van der Waals surface area contributed by atoms with Crippen molar-refractivity contribution < 1.29 is 13.2 Å². The van der Waals surface area contributed by atoms with E-state index >= 15 is 0 Å². The van der Waals surface area contributed by atoms with Gasteiger partial charge in [-0.15, -0.1) is 22.7 Å². The highest BCUT2D eigenvalue weighted by Crippen LogP contribution is 2.31. The van der Waals surface area contributed by atoms with Crippen molar-refractivity contribution in [3.8, 4) is 10.6 Å². The zero-order valence-corrected chi connectivity index (χ0v) is 16.2. The maximum atomic E-state index is 12.5. The summed E-state index contributed by atoms with van der Waals surface area (Å²) in [4.78, 5) is 18.0. The number of fused-ring (bicyclic) bond motifs is 1. The van der Waals surface area contributed by atoms with Gasteiger partial charge in [0.15, 0.2) is 5.13 Å². The number of rotatable bonds is 4. The van der Waals surface area contributed by atoms with Gasteiger partial charge in [0.05, 0.1) is 22.5 Å². The van der Waals surface area contributed by atoms with Crippen LogP contribution in [0.5, 0.6) is 0 Å². The first-order chi connectivity index (χ1) is 12.4. The number of anilines is 2. The molecule has 9 heteroatoms. The van der Waals surface area contributed by atoms with Crippen LogP contribution in [0.3, 0.4) is 0 Å². The van der Waals surface area contributed by atoms with Crippen LogP contribution in [0.4, 0.5) is 10.8 Å². The largest absolute Gasteiger partial charge is 0.298 e. The molecule has 1 N–H and O–H groups in total. The number of nitrogens with one attached hydrogen (secondary N) is 1. The molecule has 0 fully saturated rings. The lowest BCUT2D eigenvalue weighted by Gasteiger charge is -2.16. The summed E-state index contributed by atoms with van der Waals surface area (Å²) in [5.41, 5.74) is 2.85. The minimum atomic E-state index is -3.29. The highest BCUT2D eigenvalue weighted by molar-refractivity contribution is 7.92. The maximum Gasteiger partial charge on any atom is 0.257 e. The van der Waals surface area contributed by atoms with Crippen LogP contribution in [0.25, 0.3) is 10.6 Å². The van der Waals surface area contributed by atoms with E-state index < -0.39 is 10.0 Å². The highest BCUT2D eigenvalue weighted by Gasteiger charge is 2.26. The number of amides is 1. The van der Waals surface area contributed by atoms with Gasteiger partial charge in [-0.1, -0.05) is 6.07 Å². The summed E-state index contributed by atoms with van der Waals surface area (Å²) in [6.45, 7) is 0.413. The molecule has 26 heavy (non-hydrogen) atoms. The zero-order valence-electron chi connectivity index (χ0n) is 13.8. The molecular weight excluding hydrogens is 390 g/mol. The standard InChI is InChI=1S/C17H15N3O3S3/c1-26(22,23)20-7-6-11-9-12(4-5-14(11)20)16(21)19-17-18-13(10-25-17)15-3-2-8-24-15/h2-5,8-10H,6-7H2,1H3,(H,18,19,21). The Bertz CT molecular complexity index is 1070. The quantitative estimate of drug-likeness (QED) is 0.721. The summed E-state index contributed by atoms with van der Waals surface area (Å²) in [5, 5.41) is 7.25. The molecule has 1 aliphatic rings. The molecule has 6 nitrogen and oxygen atoms in total. The average Bonchev–Trinajstić information content (AvgIpc) is 3.33. The van der Waals surface area contributed by atoms with Crippen molar-refractivity contribution >= 4 is 49.4 Å². The minimum Gasteiger partial charge on any atom is -0.298 e. The number of thiazole rings is 1. The molecule has 0 spiro atoms. The van der Waals surface area contributed by atoms with E-state index in [-0.39, 0.29) is 5.91 Å². The van der Waals surface area contributed by atoms with Crippen LogP contribution < -0.4 is 9.62 Å². The zero-order chi connectivity index (χ0) is 18.3. The number of hydrogen-bond donors (Lipinski definition) is 1. The summed E-state index contributed by atoms with van der Waals surface area (Å²) < 4.78 is 25.0. The van der Waals surface area contributed by atoms with Gasteiger partial charge in [0.1, 0.15) is 0 Å². The van der Waals surface area contributed by atoms with Gasteiger partial charge in [-0.3, -0.25) is 14.4 Å². The molecule has 3 aromatic rings. The monoisotopic (exact) mass is 405 g/mol. The fourth-order valence-electron chi connectivity index (χ4n) is 2.90. The Hall–Kier alpha value is -2.23. The van der Waals surface area contributed by atoms with Crippen molar-refractivity contribution in [3.63, 3.8) is 0 Å². The highest BCUT2D eigenvalue weighted by atomic mass is 32.2. The predicted octanol–water partition coefficient (Wildman–Crippen LogP) is 3.45. The Kier molecular flexibility index (Phi) is 4.29. The molecule has 1 amide bonds. The molecule has 0 aliphatic carbocycles. The summed E-state index contributed by atoms with van der Waals surface area (Å²) in [6.07, 6.45) is 1.79. The van der Waals surface area contributed by atoms with Crippen molar-refractivity contribution in [2.24, 2.45) is 0 Å². The van der Waals surface area contributed by atoms with Crippen molar-refractivity contribution in [1.29, 1.82) is 0 Å². The summed E-state index contributed by atoms with van der Waals surface area (Å²) in [5.74, 6) is -0.252. The van der Waals surface area contributed by atoms with Crippen LogP contribution in [0.1, 0.15) is 15.9 Å². The molecule has 1 aliphatic heterocycles. The Balaban J connectivity index is 1.53. The SMILES string of the molecule is CS(=O)(=O)N1CCc2cc(C(=O)Nc3nc(-c4cccs4)cs3)ccc21.